The van der Waals surface area contributed by atoms with Gasteiger partial charge in [-0.3, -0.25) is 0 Å². The second-order valence-electron chi connectivity index (χ2n) is 2.76. The van der Waals surface area contributed by atoms with Crippen molar-refractivity contribution in [3.63, 3.8) is 0 Å². The zero-order valence-electron chi connectivity index (χ0n) is 7.53. The smallest absolute Gasteiger partial charge is 0.146 e. The summed E-state index contributed by atoms with van der Waals surface area (Å²) in [6.45, 7) is 4.19. The number of ether oxygens (including phenoxy) is 2. The third-order valence-electron chi connectivity index (χ3n) is 1.37. The van der Waals surface area contributed by atoms with Crippen LogP contribution in [0.3, 0.4) is 0 Å². The molecule has 0 aromatic rings. The normalized spacial score (nSPS) is 17.0. The third kappa shape index (κ3) is 7.94. The molecule has 0 radical (unpaired) electrons. The fourth-order valence-corrected chi connectivity index (χ4v) is 0.498. The van der Waals surface area contributed by atoms with Gasteiger partial charge in [-0.05, 0) is 6.42 Å². The molecule has 0 aromatic heterocycles. The maximum absolute atomic E-state index is 8.17. The van der Waals surface area contributed by atoms with Crippen LogP contribution in [0.2, 0.25) is 0 Å². The van der Waals surface area contributed by atoms with Crippen LogP contribution in [-0.2, 0) is 9.47 Å². The maximum atomic E-state index is 8.17. The zero-order valence-corrected chi connectivity index (χ0v) is 7.53. The first kappa shape index (κ1) is 11.8. The molecule has 0 bridgehead atoms. The van der Waals surface area contributed by atoms with Crippen LogP contribution in [0, 0.1) is 5.92 Å². The Morgan fingerprint density at radius 1 is 1.17 bits per heavy atom. The number of hydrogen-bond donors (Lipinski definition) is 2. The Bertz CT molecular complexity index is 67.6. The van der Waals surface area contributed by atoms with Gasteiger partial charge in [0.15, 0.2) is 0 Å². The molecule has 0 atom stereocenters. The Balaban J connectivity index is 0.000000202. The number of aliphatic hydroxyl groups excluding tert-OH is 2. The van der Waals surface area contributed by atoms with Gasteiger partial charge in [-0.15, -0.1) is 0 Å². The van der Waals surface area contributed by atoms with Gasteiger partial charge in [0.2, 0.25) is 0 Å². The van der Waals surface area contributed by atoms with E-state index in [1.807, 2.05) is 0 Å². The van der Waals surface area contributed by atoms with Gasteiger partial charge in [0, 0.05) is 19.1 Å². The van der Waals surface area contributed by atoms with Gasteiger partial charge in [-0.1, -0.05) is 6.92 Å². The highest BCUT2D eigenvalue weighted by molar-refractivity contribution is 4.41. The van der Waals surface area contributed by atoms with Crippen LogP contribution in [0.1, 0.15) is 13.3 Å². The first-order chi connectivity index (χ1) is 5.81. The van der Waals surface area contributed by atoms with E-state index in [9.17, 15) is 0 Å². The van der Waals surface area contributed by atoms with E-state index in [4.69, 9.17) is 19.7 Å². The van der Waals surface area contributed by atoms with Crippen LogP contribution in [0.4, 0.5) is 0 Å². The molecule has 74 valence electrons. The summed E-state index contributed by atoms with van der Waals surface area (Å²) in [5.74, 6) is 0.0463. The number of hydrogen-bond acceptors (Lipinski definition) is 4. The molecule has 0 saturated carbocycles. The molecule has 0 amide bonds. The summed E-state index contributed by atoms with van der Waals surface area (Å²) in [7, 11) is 0. The first-order valence-electron chi connectivity index (χ1n) is 4.18. The predicted octanol–water partition coefficient (Wildman–Crippen LogP) is -0.0121. The van der Waals surface area contributed by atoms with Crippen LogP contribution in [-0.4, -0.2) is 43.4 Å². The molecule has 1 fully saturated rings. The van der Waals surface area contributed by atoms with Crippen molar-refractivity contribution in [1.29, 1.82) is 0 Å². The number of rotatable bonds is 2. The highest BCUT2D eigenvalue weighted by atomic mass is 16.7. The topological polar surface area (TPSA) is 58.9 Å². The van der Waals surface area contributed by atoms with Crippen molar-refractivity contribution in [2.45, 2.75) is 13.3 Å². The fourth-order valence-electron chi connectivity index (χ4n) is 0.498. The molecule has 2 N–H and O–H groups in total. The Kier molecular flexibility index (Phi) is 8.81. The lowest BCUT2D eigenvalue weighted by molar-refractivity contribution is -0.0963. The summed E-state index contributed by atoms with van der Waals surface area (Å²) < 4.78 is 9.69. The van der Waals surface area contributed by atoms with Crippen molar-refractivity contribution in [1.82, 2.24) is 0 Å². The second-order valence-corrected chi connectivity index (χ2v) is 2.76. The van der Waals surface area contributed by atoms with Crippen molar-refractivity contribution in [2.75, 3.05) is 33.2 Å². The third-order valence-corrected chi connectivity index (χ3v) is 1.37. The first-order valence-corrected chi connectivity index (χ1v) is 4.18. The van der Waals surface area contributed by atoms with E-state index in [1.165, 1.54) is 0 Å². The molecule has 1 heterocycles. The van der Waals surface area contributed by atoms with Crippen molar-refractivity contribution in [2.24, 2.45) is 5.92 Å². The van der Waals surface area contributed by atoms with Gasteiger partial charge in [-0.2, -0.15) is 0 Å². The van der Waals surface area contributed by atoms with Gasteiger partial charge in [0.1, 0.15) is 6.79 Å². The summed E-state index contributed by atoms with van der Waals surface area (Å²) in [5.41, 5.74) is 0. The molecule has 1 aliphatic rings. The average Bonchev–Trinajstić information content (AvgIpc) is 2.20. The lowest BCUT2D eigenvalue weighted by atomic mass is 10.2. The molecule has 0 aromatic carbocycles. The van der Waals surface area contributed by atoms with Gasteiger partial charge in [0.25, 0.3) is 0 Å². The lowest BCUT2D eigenvalue weighted by Gasteiger charge is -2.09. The molecular weight excluding hydrogens is 160 g/mol. The molecule has 1 rings (SSSR count). The van der Waals surface area contributed by atoms with Crippen molar-refractivity contribution in [3.05, 3.63) is 0 Å². The van der Waals surface area contributed by atoms with E-state index in [0.29, 0.717) is 6.79 Å². The minimum atomic E-state index is 0.0463. The van der Waals surface area contributed by atoms with Gasteiger partial charge < -0.3 is 19.7 Å². The standard InChI is InChI=1S/C4H8O2.C4H10O2/c1-2-5-4-6-3-1;1-4(2-5)3-6/h1-4H2;4-6H,2-3H2,1H3. The van der Waals surface area contributed by atoms with E-state index < -0.39 is 0 Å². The summed E-state index contributed by atoms with van der Waals surface area (Å²) in [4.78, 5) is 0. The largest absolute Gasteiger partial charge is 0.396 e. The molecular formula is C8H18O4. The molecule has 0 unspecified atom stereocenters. The summed E-state index contributed by atoms with van der Waals surface area (Å²) in [6.07, 6.45) is 1.06. The fraction of sp³-hybridized carbons (Fsp3) is 1.00. The van der Waals surface area contributed by atoms with E-state index in [2.05, 4.69) is 0 Å². The van der Waals surface area contributed by atoms with Crippen LogP contribution in [0.25, 0.3) is 0 Å². The Hall–Kier alpha value is -0.160. The van der Waals surface area contributed by atoms with E-state index >= 15 is 0 Å². The van der Waals surface area contributed by atoms with Crippen LogP contribution >= 0.6 is 0 Å². The minimum absolute atomic E-state index is 0.0463. The minimum Gasteiger partial charge on any atom is -0.396 e. The van der Waals surface area contributed by atoms with Gasteiger partial charge in [0.05, 0.1) is 13.2 Å². The Labute approximate surface area is 73.1 Å². The highest BCUT2D eigenvalue weighted by Crippen LogP contribution is 1.91. The van der Waals surface area contributed by atoms with Crippen molar-refractivity contribution < 1.29 is 19.7 Å². The predicted molar refractivity (Wildman–Crippen MR) is 44.7 cm³/mol. The van der Waals surface area contributed by atoms with Crippen LogP contribution < -0.4 is 0 Å². The van der Waals surface area contributed by atoms with Crippen molar-refractivity contribution >= 4 is 0 Å². The van der Waals surface area contributed by atoms with E-state index in [1.54, 1.807) is 6.92 Å². The van der Waals surface area contributed by atoms with Crippen molar-refractivity contribution in [3.8, 4) is 0 Å². The summed E-state index contributed by atoms with van der Waals surface area (Å²) in [6, 6.07) is 0. The molecule has 4 heteroatoms. The zero-order chi connectivity index (χ0) is 9.23. The second kappa shape index (κ2) is 8.93. The van der Waals surface area contributed by atoms with Gasteiger partial charge in [-0.25, -0.2) is 0 Å². The number of aliphatic hydroxyl groups is 2. The summed E-state index contributed by atoms with van der Waals surface area (Å²) in [5, 5.41) is 16.3. The average molecular weight is 178 g/mol. The SMILES string of the molecule is C1COCOC1.CC(CO)CO. The molecule has 1 saturated heterocycles. The molecule has 4 nitrogen and oxygen atoms in total. The summed E-state index contributed by atoms with van der Waals surface area (Å²) >= 11 is 0. The molecule has 12 heavy (non-hydrogen) atoms. The Morgan fingerprint density at radius 2 is 1.67 bits per heavy atom. The quantitative estimate of drug-likeness (QED) is 0.624. The highest BCUT2D eigenvalue weighted by Gasteiger charge is 1.94. The lowest BCUT2D eigenvalue weighted by Crippen LogP contribution is -2.11. The monoisotopic (exact) mass is 178 g/mol. The molecule has 0 spiro atoms. The molecule has 1 aliphatic heterocycles. The van der Waals surface area contributed by atoms with Crippen LogP contribution in [0.15, 0.2) is 0 Å². The van der Waals surface area contributed by atoms with Gasteiger partial charge >= 0.3 is 0 Å². The maximum Gasteiger partial charge on any atom is 0.146 e. The van der Waals surface area contributed by atoms with E-state index in [-0.39, 0.29) is 19.1 Å². The Morgan fingerprint density at radius 3 is 1.75 bits per heavy atom. The molecule has 0 aliphatic carbocycles. The van der Waals surface area contributed by atoms with Crippen LogP contribution in [0.5, 0.6) is 0 Å². The van der Waals surface area contributed by atoms with E-state index in [0.717, 1.165) is 19.6 Å².